The monoisotopic (exact) mass is 343 g/mol. The predicted octanol–water partition coefficient (Wildman–Crippen LogP) is 2.03. The average molecular weight is 343 g/mol. The molecular formula is C20H29N3O2. The molecule has 0 radical (unpaired) electrons. The van der Waals surface area contributed by atoms with Gasteiger partial charge in [0, 0.05) is 32.6 Å². The zero-order valence-electron chi connectivity index (χ0n) is 15.0. The van der Waals surface area contributed by atoms with Crippen LogP contribution in [0.15, 0.2) is 30.3 Å². The van der Waals surface area contributed by atoms with E-state index in [9.17, 15) is 9.59 Å². The van der Waals surface area contributed by atoms with Crippen molar-refractivity contribution in [3.63, 3.8) is 0 Å². The summed E-state index contributed by atoms with van der Waals surface area (Å²) >= 11 is 0. The van der Waals surface area contributed by atoms with Crippen molar-refractivity contribution in [1.82, 2.24) is 15.1 Å². The lowest BCUT2D eigenvalue weighted by atomic mass is 10.1. The molecule has 136 valence electrons. The number of rotatable bonds is 6. The van der Waals surface area contributed by atoms with E-state index in [1.807, 2.05) is 30.3 Å². The predicted molar refractivity (Wildman–Crippen MR) is 97.9 cm³/mol. The molecule has 1 atom stereocenters. The average Bonchev–Trinajstić information content (AvgIpc) is 2.83. The van der Waals surface area contributed by atoms with Gasteiger partial charge in [-0.3, -0.25) is 9.59 Å². The zero-order valence-corrected chi connectivity index (χ0v) is 15.0. The van der Waals surface area contributed by atoms with Crippen LogP contribution in [0.1, 0.15) is 37.7 Å². The third kappa shape index (κ3) is 5.30. The molecular weight excluding hydrogens is 314 g/mol. The molecule has 2 aliphatic rings. The highest BCUT2D eigenvalue weighted by Crippen LogP contribution is 2.20. The van der Waals surface area contributed by atoms with E-state index in [1.54, 1.807) is 4.90 Å². The smallest absolute Gasteiger partial charge is 0.225 e. The van der Waals surface area contributed by atoms with Crippen LogP contribution in [0, 0.1) is 5.92 Å². The number of likely N-dealkylation sites (tertiary alicyclic amines) is 2. The molecule has 2 amide bonds. The van der Waals surface area contributed by atoms with E-state index in [2.05, 4.69) is 10.2 Å². The maximum atomic E-state index is 12.4. The van der Waals surface area contributed by atoms with Gasteiger partial charge in [-0.25, -0.2) is 0 Å². The topological polar surface area (TPSA) is 52.7 Å². The van der Waals surface area contributed by atoms with Crippen molar-refractivity contribution in [1.29, 1.82) is 0 Å². The van der Waals surface area contributed by atoms with Crippen molar-refractivity contribution < 1.29 is 9.59 Å². The second-order valence-electron chi connectivity index (χ2n) is 7.21. The van der Waals surface area contributed by atoms with E-state index in [-0.39, 0.29) is 17.7 Å². The van der Waals surface area contributed by atoms with Crippen LogP contribution in [-0.2, 0) is 16.1 Å². The highest BCUT2D eigenvalue weighted by molar-refractivity contribution is 5.89. The van der Waals surface area contributed by atoms with Gasteiger partial charge < -0.3 is 15.1 Å². The van der Waals surface area contributed by atoms with Gasteiger partial charge in [0.15, 0.2) is 0 Å². The summed E-state index contributed by atoms with van der Waals surface area (Å²) < 4.78 is 0. The minimum absolute atomic E-state index is 0.0266. The number of nitrogens with zero attached hydrogens (tertiary/aromatic N) is 2. The SMILES string of the molecule is O=C(NCCN1CCCCCC1)C1CC(=O)N(Cc2ccccc2)C1. The second-order valence-corrected chi connectivity index (χ2v) is 7.21. The fourth-order valence-corrected chi connectivity index (χ4v) is 3.75. The van der Waals surface area contributed by atoms with E-state index in [0.29, 0.717) is 26.1 Å². The van der Waals surface area contributed by atoms with Gasteiger partial charge in [-0.15, -0.1) is 0 Å². The Morgan fingerprint density at radius 3 is 2.52 bits per heavy atom. The number of hydrogen-bond acceptors (Lipinski definition) is 3. The van der Waals surface area contributed by atoms with Crippen LogP contribution >= 0.6 is 0 Å². The molecule has 2 aliphatic heterocycles. The third-order valence-electron chi connectivity index (χ3n) is 5.23. The molecule has 0 aromatic heterocycles. The Bertz CT molecular complexity index is 568. The molecule has 0 saturated carbocycles. The quantitative estimate of drug-likeness (QED) is 0.860. The molecule has 1 aromatic rings. The first kappa shape index (κ1) is 17.9. The van der Waals surface area contributed by atoms with Crippen LogP contribution < -0.4 is 5.32 Å². The van der Waals surface area contributed by atoms with E-state index in [4.69, 9.17) is 0 Å². The van der Waals surface area contributed by atoms with Gasteiger partial charge in [-0.05, 0) is 31.5 Å². The van der Waals surface area contributed by atoms with Crippen LogP contribution in [0.3, 0.4) is 0 Å². The molecule has 1 unspecified atom stereocenters. The fraction of sp³-hybridized carbons (Fsp3) is 0.600. The summed E-state index contributed by atoms with van der Waals surface area (Å²) in [5.41, 5.74) is 1.11. The van der Waals surface area contributed by atoms with Gasteiger partial charge in [0.1, 0.15) is 0 Å². The number of hydrogen-bond donors (Lipinski definition) is 1. The van der Waals surface area contributed by atoms with Gasteiger partial charge >= 0.3 is 0 Å². The van der Waals surface area contributed by atoms with Crippen molar-refractivity contribution in [2.24, 2.45) is 5.92 Å². The highest BCUT2D eigenvalue weighted by atomic mass is 16.2. The summed E-state index contributed by atoms with van der Waals surface area (Å²) in [6.45, 7) is 5.01. The summed E-state index contributed by atoms with van der Waals surface area (Å²) in [5, 5.41) is 3.04. The van der Waals surface area contributed by atoms with Crippen LogP contribution in [0.4, 0.5) is 0 Å². The maximum absolute atomic E-state index is 12.4. The molecule has 1 N–H and O–H groups in total. The minimum atomic E-state index is -0.208. The van der Waals surface area contributed by atoms with Crippen molar-refractivity contribution >= 4 is 11.8 Å². The van der Waals surface area contributed by atoms with E-state index in [1.165, 1.54) is 25.7 Å². The standard InChI is InChI=1S/C20H29N3O2/c24-19-14-18(16-23(19)15-17-8-4-3-5-9-17)20(25)21-10-13-22-11-6-1-2-7-12-22/h3-5,8-9,18H,1-2,6-7,10-16H2,(H,21,25). The Kier molecular flexibility index (Phi) is 6.45. The number of nitrogens with one attached hydrogen (secondary N) is 1. The molecule has 5 heteroatoms. The van der Waals surface area contributed by atoms with Crippen molar-refractivity contribution in [3.8, 4) is 0 Å². The number of carbonyl (C=O) groups is 2. The number of amides is 2. The summed E-state index contributed by atoms with van der Waals surface area (Å²) in [6, 6.07) is 9.95. The van der Waals surface area contributed by atoms with Crippen molar-refractivity contribution in [3.05, 3.63) is 35.9 Å². The lowest BCUT2D eigenvalue weighted by Crippen LogP contribution is -2.38. The van der Waals surface area contributed by atoms with Crippen LogP contribution in [0.2, 0.25) is 0 Å². The van der Waals surface area contributed by atoms with Gasteiger partial charge in [-0.1, -0.05) is 43.2 Å². The second kappa shape index (κ2) is 8.99. The Morgan fingerprint density at radius 2 is 1.80 bits per heavy atom. The summed E-state index contributed by atoms with van der Waals surface area (Å²) in [4.78, 5) is 28.8. The van der Waals surface area contributed by atoms with Gasteiger partial charge in [0.05, 0.1) is 5.92 Å². The first-order valence-electron chi connectivity index (χ1n) is 9.54. The van der Waals surface area contributed by atoms with E-state index < -0.39 is 0 Å². The van der Waals surface area contributed by atoms with Crippen LogP contribution in [-0.4, -0.2) is 54.3 Å². The number of carbonyl (C=O) groups excluding carboxylic acids is 2. The molecule has 2 fully saturated rings. The molecule has 0 bridgehead atoms. The molecule has 25 heavy (non-hydrogen) atoms. The van der Waals surface area contributed by atoms with Crippen LogP contribution in [0.5, 0.6) is 0 Å². The molecule has 0 spiro atoms. The summed E-state index contributed by atoms with van der Waals surface area (Å²) in [6.07, 6.45) is 5.51. The minimum Gasteiger partial charge on any atom is -0.355 e. The first-order valence-corrected chi connectivity index (χ1v) is 9.54. The largest absolute Gasteiger partial charge is 0.355 e. The Hall–Kier alpha value is -1.88. The molecule has 1 aromatic carbocycles. The van der Waals surface area contributed by atoms with Crippen molar-refractivity contribution in [2.45, 2.75) is 38.6 Å². The highest BCUT2D eigenvalue weighted by Gasteiger charge is 2.34. The van der Waals surface area contributed by atoms with Gasteiger partial charge in [0.2, 0.25) is 11.8 Å². The third-order valence-corrected chi connectivity index (χ3v) is 5.23. The van der Waals surface area contributed by atoms with Crippen molar-refractivity contribution in [2.75, 3.05) is 32.7 Å². The maximum Gasteiger partial charge on any atom is 0.225 e. The molecule has 5 nitrogen and oxygen atoms in total. The summed E-state index contributed by atoms with van der Waals surface area (Å²) in [7, 11) is 0. The van der Waals surface area contributed by atoms with E-state index >= 15 is 0 Å². The molecule has 2 heterocycles. The van der Waals surface area contributed by atoms with E-state index in [0.717, 1.165) is 25.2 Å². The molecule has 3 rings (SSSR count). The Labute approximate surface area is 150 Å². The van der Waals surface area contributed by atoms with Gasteiger partial charge in [0.25, 0.3) is 0 Å². The molecule has 0 aliphatic carbocycles. The normalized spacial score (nSPS) is 22.0. The zero-order chi connectivity index (χ0) is 17.5. The Balaban J connectivity index is 1.41. The fourth-order valence-electron chi connectivity index (χ4n) is 3.75. The first-order chi connectivity index (χ1) is 12.2. The molecule has 2 saturated heterocycles. The lowest BCUT2D eigenvalue weighted by Gasteiger charge is -2.20. The van der Waals surface area contributed by atoms with Gasteiger partial charge in [-0.2, -0.15) is 0 Å². The summed E-state index contributed by atoms with van der Waals surface area (Å²) in [5.74, 6) is -0.101. The lowest BCUT2D eigenvalue weighted by molar-refractivity contribution is -0.129. The number of benzene rings is 1. The van der Waals surface area contributed by atoms with Crippen LogP contribution in [0.25, 0.3) is 0 Å². The Morgan fingerprint density at radius 1 is 1.08 bits per heavy atom.